The van der Waals surface area contributed by atoms with E-state index in [4.69, 9.17) is 0 Å². The molecule has 4 heteroatoms. The summed E-state index contributed by atoms with van der Waals surface area (Å²) in [6.07, 6.45) is 0. The van der Waals surface area contributed by atoms with Gasteiger partial charge >= 0.3 is 0 Å². The van der Waals surface area contributed by atoms with Crippen molar-refractivity contribution in [2.75, 3.05) is 0 Å². The van der Waals surface area contributed by atoms with Crippen LogP contribution >= 0.6 is 11.3 Å². The second-order valence-electron chi connectivity index (χ2n) is 4.79. The van der Waals surface area contributed by atoms with Crippen LogP contribution in [0.3, 0.4) is 0 Å². The number of hydrogen-bond acceptors (Lipinski definition) is 3. The van der Waals surface area contributed by atoms with Crippen LogP contribution in [0.5, 0.6) is 0 Å². The van der Waals surface area contributed by atoms with Crippen molar-refractivity contribution in [2.45, 2.75) is 13.5 Å². The van der Waals surface area contributed by atoms with Crippen molar-refractivity contribution in [2.24, 2.45) is 4.99 Å². The third kappa shape index (κ3) is 3.07. The molecule has 110 valence electrons. The highest BCUT2D eigenvalue weighted by Gasteiger charge is 2.05. The average molecular weight is 308 g/mol. The summed E-state index contributed by atoms with van der Waals surface area (Å²) in [5.41, 5.74) is 1.87. The zero-order chi connectivity index (χ0) is 15.4. The van der Waals surface area contributed by atoms with Gasteiger partial charge in [-0.1, -0.05) is 59.9 Å². The van der Waals surface area contributed by atoms with Gasteiger partial charge < -0.3 is 0 Å². The van der Waals surface area contributed by atoms with E-state index in [0.29, 0.717) is 6.54 Å². The van der Waals surface area contributed by atoms with E-state index in [9.17, 15) is 4.79 Å². The molecule has 2 aromatic carbocycles. The van der Waals surface area contributed by atoms with Crippen LogP contribution in [0.15, 0.2) is 76.5 Å². The maximum Gasteiger partial charge on any atom is 0.254 e. The second kappa shape index (κ2) is 6.54. The van der Waals surface area contributed by atoms with Gasteiger partial charge in [-0.15, -0.1) is 0 Å². The van der Waals surface area contributed by atoms with Gasteiger partial charge in [-0.05, 0) is 24.6 Å². The molecule has 0 fully saturated rings. The number of benzene rings is 2. The zero-order valence-corrected chi connectivity index (χ0v) is 13.1. The van der Waals surface area contributed by atoms with Gasteiger partial charge in [0, 0.05) is 17.5 Å². The SMILES string of the molecule is CCn1c(=O)cc(-c2ccccc2)sc1=Nc1ccccc1. The van der Waals surface area contributed by atoms with E-state index in [1.54, 1.807) is 10.6 Å². The second-order valence-corrected chi connectivity index (χ2v) is 5.80. The number of nitrogens with zero attached hydrogens (tertiary/aromatic N) is 2. The first-order valence-corrected chi connectivity index (χ1v) is 8.00. The lowest BCUT2D eigenvalue weighted by Crippen LogP contribution is -2.30. The molecule has 3 rings (SSSR count). The van der Waals surface area contributed by atoms with Crippen LogP contribution in [0.2, 0.25) is 0 Å². The maximum absolute atomic E-state index is 12.4. The molecular formula is C18H16N2OS. The van der Waals surface area contributed by atoms with Gasteiger partial charge in [-0.25, -0.2) is 4.99 Å². The quantitative estimate of drug-likeness (QED) is 0.724. The van der Waals surface area contributed by atoms with Gasteiger partial charge in [0.2, 0.25) is 0 Å². The highest BCUT2D eigenvalue weighted by molar-refractivity contribution is 7.12. The molecule has 0 amide bonds. The minimum atomic E-state index is -0.0187. The third-order valence-electron chi connectivity index (χ3n) is 3.31. The summed E-state index contributed by atoms with van der Waals surface area (Å²) in [7, 11) is 0. The van der Waals surface area contributed by atoms with Gasteiger partial charge in [-0.3, -0.25) is 9.36 Å². The van der Waals surface area contributed by atoms with E-state index in [1.165, 1.54) is 11.3 Å². The molecule has 0 aliphatic rings. The van der Waals surface area contributed by atoms with E-state index in [1.807, 2.05) is 67.6 Å². The fourth-order valence-corrected chi connectivity index (χ4v) is 3.29. The topological polar surface area (TPSA) is 34.4 Å². The van der Waals surface area contributed by atoms with Gasteiger partial charge in [0.15, 0.2) is 4.80 Å². The molecule has 3 aromatic rings. The van der Waals surface area contributed by atoms with E-state index < -0.39 is 0 Å². The summed E-state index contributed by atoms with van der Waals surface area (Å²) < 4.78 is 1.70. The molecule has 0 unspecified atom stereocenters. The summed E-state index contributed by atoms with van der Waals surface area (Å²) in [5, 5.41) is 0. The van der Waals surface area contributed by atoms with Crippen molar-refractivity contribution in [1.29, 1.82) is 0 Å². The van der Waals surface area contributed by atoms with Crippen LogP contribution in [-0.4, -0.2) is 4.57 Å². The summed E-state index contributed by atoms with van der Waals surface area (Å²) in [6.45, 7) is 2.57. The first-order chi connectivity index (χ1) is 10.8. The van der Waals surface area contributed by atoms with E-state index in [-0.39, 0.29) is 5.56 Å². The number of aromatic nitrogens is 1. The van der Waals surface area contributed by atoms with Crippen LogP contribution in [0.1, 0.15) is 6.92 Å². The Labute approximate surface area is 132 Å². The van der Waals surface area contributed by atoms with Crippen LogP contribution in [-0.2, 0) is 6.54 Å². The van der Waals surface area contributed by atoms with Gasteiger partial charge in [-0.2, -0.15) is 0 Å². The number of rotatable bonds is 3. The maximum atomic E-state index is 12.4. The summed E-state index contributed by atoms with van der Waals surface area (Å²) in [4.78, 5) is 18.7. The van der Waals surface area contributed by atoms with Crippen molar-refractivity contribution >= 4 is 17.0 Å². The first kappa shape index (κ1) is 14.5. The predicted octanol–water partition coefficient (Wildman–Crippen LogP) is 3.83. The van der Waals surface area contributed by atoms with Crippen molar-refractivity contribution in [3.63, 3.8) is 0 Å². The largest absolute Gasteiger partial charge is 0.285 e. The Morgan fingerprint density at radius 2 is 1.64 bits per heavy atom. The van der Waals surface area contributed by atoms with E-state index >= 15 is 0 Å². The summed E-state index contributed by atoms with van der Waals surface area (Å²) in [6, 6.07) is 21.3. The minimum absolute atomic E-state index is 0.0187. The molecule has 0 N–H and O–H groups in total. The van der Waals surface area contributed by atoms with Crippen LogP contribution in [0, 0.1) is 0 Å². The Morgan fingerprint density at radius 1 is 1.00 bits per heavy atom. The molecule has 0 bridgehead atoms. The highest BCUT2D eigenvalue weighted by Crippen LogP contribution is 2.19. The third-order valence-corrected chi connectivity index (χ3v) is 4.38. The van der Waals surface area contributed by atoms with Gasteiger partial charge in [0.05, 0.1) is 5.69 Å². The van der Waals surface area contributed by atoms with E-state index in [0.717, 1.165) is 20.9 Å². The lowest BCUT2D eigenvalue weighted by atomic mass is 10.2. The summed E-state index contributed by atoms with van der Waals surface area (Å²) in [5.74, 6) is 0. The standard InChI is InChI=1S/C18H16N2OS/c1-2-20-17(21)13-16(14-9-5-3-6-10-14)22-18(20)19-15-11-7-4-8-12-15/h3-13H,2H2,1H3. The normalized spacial score (nSPS) is 11.6. The molecule has 0 saturated carbocycles. The molecule has 0 atom stereocenters. The minimum Gasteiger partial charge on any atom is -0.285 e. The van der Waals surface area contributed by atoms with Crippen molar-refractivity contribution in [1.82, 2.24) is 4.57 Å². The Morgan fingerprint density at radius 3 is 2.27 bits per heavy atom. The Balaban J connectivity index is 2.22. The zero-order valence-electron chi connectivity index (χ0n) is 12.3. The molecule has 0 spiro atoms. The molecular weight excluding hydrogens is 292 g/mol. The Bertz CT molecular complexity index is 880. The van der Waals surface area contributed by atoms with Crippen LogP contribution < -0.4 is 10.4 Å². The lowest BCUT2D eigenvalue weighted by Gasteiger charge is -2.05. The number of para-hydroxylation sites is 1. The van der Waals surface area contributed by atoms with Gasteiger partial charge in [0.1, 0.15) is 0 Å². The molecule has 0 aliphatic heterocycles. The van der Waals surface area contributed by atoms with Crippen molar-refractivity contribution < 1.29 is 0 Å². The number of hydrogen-bond donors (Lipinski definition) is 0. The van der Waals surface area contributed by atoms with E-state index in [2.05, 4.69) is 4.99 Å². The van der Waals surface area contributed by atoms with Crippen molar-refractivity contribution in [3.05, 3.63) is 81.9 Å². The molecule has 1 aromatic heterocycles. The Hall–Kier alpha value is -2.46. The molecule has 22 heavy (non-hydrogen) atoms. The smallest absolute Gasteiger partial charge is 0.254 e. The fourth-order valence-electron chi connectivity index (χ4n) is 2.20. The predicted molar refractivity (Wildman–Crippen MR) is 91.4 cm³/mol. The monoisotopic (exact) mass is 308 g/mol. The molecule has 0 aliphatic carbocycles. The molecule has 1 heterocycles. The summed E-state index contributed by atoms with van der Waals surface area (Å²) >= 11 is 1.53. The molecule has 0 saturated heterocycles. The highest BCUT2D eigenvalue weighted by atomic mass is 32.1. The van der Waals surface area contributed by atoms with Gasteiger partial charge in [0.25, 0.3) is 5.56 Å². The van der Waals surface area contributed by atoms with Crippen LogP contribution in [0.25, 0.3) is 10.4 Å². The van der Waals surface area contributed by atoms with Crippen LogP contribution in [0.4, 0.5) is 5.69 Å². The first-order valence-electron chi connectivity index (χ1n) is 7.18. The Kier molecular flexibility index (Phi) is 4.30. The molecule has 0 radical (unpaired) electrons. The lowest BCUT2D eigenvalue weighted by molar-refractivity contribution is 0.703. The fraction of sp³-hybridized carbons (Fsp3) is 0.111. The molecule has 3 nitrogen and oxygen atoms in total. The average Bonchev–Trinajstić information content (AvgIpc) is 2.56. The van der Waals surface area contributed by atoms with Crippen molar-refractivity contribution in [3.8, 4) is 10.4 Å².